The highest BCUT2D eigenvalue weighted by molar-refractivity contribution is 5.81. The number of hydrogen-bond donors (Lipinski definition) is 1. The Bertz CT molecular complexity index is 412. The molecule has 18 heavy (non-hydrogen) atoms. The Labute approximate surface area is 108 Å². The van der Waals surface area contributed by atoms with Crippen molar-refractivity contribution in [3.05, 3.63) is 35.9 Å². The van der Waals surface area contributed by atoms with Crippen LogP contribution in [-0.4, -0.2) is 37.0 Å². The van der Waals surface area contributed by atoms with E-state index in [4.69, 9.17) is 0 Å². The van der Waals surface area contributed by atoms with Crippen molar-refractivity contribution >= 4 is 5.91 Å². The van der Waals surface area contributed by atoms with Crippen molar-refractivity contribution in [2.45, 2.75) is 18.8 Å². The zero-order chi connectivity index (χ0) is 12.4. The van der Waals surface area contributed by atoms with E-state index in [0.717, 1.165) is 26.2 Å². The third-order valence-corrected chi connectivity index (χ3v) is 4.18. The molecule has 1 aromatic rings. The van der Waals surface area contributed by atoms with Gasteiger partial charge in [0.05, 0.1) is 5.92 Å². The Morgan fingerprint density at radius 1 is 1.11 bits per heavy atom. The van der Waals surface area contributed by atoms with E-state index in [9.17, 15) is 4.79 Å². The van der Waals surface area contributed by atoms with E-state index in [0.29, 0.717) is 11.8 Å². The van der Waals surface area contributed by atoms with E-state index in [1.54, 1.807) is 0 Å². The van der Waals surface area contributed by atoms with Gasteiger partial charge in [-0.15, -0.1) is 0 Å². The molecule has 3 heteroatoms. The highest BCUT2D eigenvalue weighted by Gasteiger charge is 2.36. The monoisotopic (exact) mass is 244 g/mol. The van der Waals surface area contributed by atoms with Crippen LogP contribution in [0.5, 0.6) is 0 Å². The molecule has 2 unspecified atom stereocenters. The Kier molecular flexibility index (Phi) is 3.33. The summed E-state index contributed by atoms with van der Waals surface area (Å²) in [5, 5.41) is 3.38. The predicted octanol–water partition coefficient (Wildman–Crippen LogP) is 1.61. The van der Waals surface area contributed by atoms with Crippen LogP contribution in [0.1, 0.15) is 24.3 Å². The predicted molar refractivity (Wildman–Crippen MR) is 71.4 cm³/mol. The Hall–Kier alpha value is -1.35. The minimum atomic E-state index is 0.130. The van der Waals surface area contributed by atoms with E-state index < -0.39 is 0 Å². The Balaban J connectivity index is 1.77. The molecule has 2 saturated heterocycles. The number of benzene rings is 1. The van der Waals surface area contributed by atoms with Crippen molar-refractivity contribution in [3.63, 3.8) is 0 Å². The van der Waals surface area contributed by atoms with Crippen LogP contribution in [-0.2, 0) is 4.79 Å². The van der Waals surface area contributed by atoms with E-state index in [1.807, 2.05) is 11.0 Å². The van der Waals surface area contributed by atoms with Gasteiger partial charge < -0.3 is 10.2 Å². The first-order valence-corrected chi connectivity index (χ1v) is 6.91. The first-order valence-electron chi connectivity index (χ1n) is 6.91. The zero-order valence-corrected chi connectivity index (χ0v) is 10.6. The van der Waals surface area contributed by atoms with Crippen LogP contribution < -0.4 is 5.32 Å². The number of nitrogens with one attached hydrogen (secondary N) is 1. The molecule has 96 valence electrons. The minimum absolute atomic E-state index is 0.130. The van der Waals surface area contributed by atoms with Gasteiger partial charge in [-0.1, -0.05) is 30.3 Å². The molecule has 0 radical (unpaired) electrons. The molecule has 0 aromatic heterocycles. The number of rotatable bonds is 2. The Morgan fingerprint density at radius 3 is 2.56 bits per heavy atom. The molecule has 0 spiro atoms. The van der Waals surface area contributed by atoms with Crippen LogP contribution in [0.4, 0.5) is 0 Å². The molecule has 2 atom stereocenters. The largest absolute Gasteiger partial charge is 0.342 e. The smallest absolute Gasteiger partial charge is 0.227 e. The number of likely N-dealkylation sites (tertiary alicyclic amines) is 1. The van der Waals surface area contributed by atoms with Gasteiger partial charge in [-0.3, -0.25) is 4.79 Å². The van der Waals surface area contributed by atoms with Gasteiger partial charge in [0, 0.05) is 32.1 Å². The van der Waals surface area contributed by atoms with Crippen molar-refractivity contribution in [3.8, 4) is 0 Å². The first kappa shape index (κ1) is 11.7. The molecule has 2 aliphatic rings. The van der Waals surface area contributed by atoms with E-state index in [1.165, 1.54) is 18.4 Å². The summed E-state index contributed by atoms with van der Waals surface area (Å²) in [6, 6.07) is 10.4. The molecular formula is C15H20N2O. The lowest BCUT2D eigenvalue weighted by Crippen LogP contribution is -2.36. The molecule has 3 rings (SSSR count). The van der Waals surface area contributed by atoms with Gasteiger partial charge in [0.15, 0.2) is 0 Å². The molecule has 1 amide bonds. The summed E-state index contributed by atoms with van der Waals surface area (Å²) in [5.74, 6) is 0.830. The second-order valence-corrected chi connectivity index (χ2v) is 5.31. The summed E-state index contributed by atoms with van der Waals surface area (Å²) >= 11 is 0. The maximum Gasteiger partial charge on any atom is 0.227 e. The number of carbonyl (C=O) groups is 1. The maximum atomic E-state index is 12.5. The fraction of sp³-hybridized carbons (Fsp3) is 0.533. The van der Waals surface area contributed by atoms with E-state index in [-0.39, 0.29) is 5.92 Å². The standard InChI is InChI=1S/C15H20N2O/c18-15(17-8-4-5-9-17)14-11-16-10-13(14)12-6-2-1-3-7-12/h1-3,6-7,13-14,16H,4-5,8-11H2. The summed E-state index contributed by atoms with van der Waals surface area (Å²) in [6.07, 6.45) is 2.34. The average molecular weight is 244 g/mol. The number of amides is 1. The molecule has 0 aliphatic carbocycles. The molecule has 3 nitrogen and oxygen atoms in total. The van der Waals surface area contributed by atoms with Crippen molar-refractivity contribution < 1.29 is 4.79 Å². The molecule has 1 N–H and O–H groups in total. The van der Waals surface area contributed by atoms with Crippen LogP contribution >= 0.6 is 0 Å². The lowest BCUT2D eigenvalue weighted by molar-refractivity contribution is -0.134. The molecule has 2 fully saturated rings. The first-order chi connectivity index (χ1) is 8.86. The summed E-state index contributed by atoms with van der Waals surface area (Å²) < 4.78 is 0. The van der Waals surface area contributed by atoms with Gasteiger partial charge in [0.25, 0.3) is 0 Å². The van der Waals surface area contributed by atoms with Crippen LogP contribution in [0.15, 0.2) is 30.3 Å². The lowest BCUT2D eigenvalue weighted by Gasteiger charge is -2.24. The van der Waals surface area contributed by atoms with Gasteiger partial charge in [-0.25, -0.2) is 0 Å². The highest BCUT2D eigenvalue weighted by atomic mass is 16.2. The summed E-state index contributed by atoms with van der Waals surface area (Å²) in [6.45, 7) is 3.66. The second kappa shape index (κ2) is 5.11. The topological polar surface area (TPSA) is 32.3 Å². The van der Waals surface area contributed by atoms with Crippen molar-refractivity contribution in [2.75, 3.05) is 26.2 Å². The van der Waals surface area contributed by atoms with Gasteiger partial charge in [-0.05, 0) is 18.4 Å². The van der Waals surface area contributed by atoms with Gasteiger partial charge in [0.1, 0.15) is 0 Å². The minimum Gasteiger partial charge on any atom is -0.342 e. The molecule has 2 heterocycles. The van der Waals surface area contributed by atoms with Crippen molar-refractivity contribution in [2.24, 2.45) is 5.92 Å². The second-order valence-electron chi connectivity index (χ2n) is 5.31. The zero-order valence-electron chi connectivity index (χ0n) is 10.6. The fourth-order valence-electron chi connectivity index (χ4n) is 3.16. The normalized spacial score (nSPS) is 27.7. The van der Waals surface area contributed by atoms with E-state index in [2.05, 4.69) is 29.6 Å². The highest BCUT2D eigenvalue weighted by Crippen LogP contribution is 2.30. The number of nitrogens with zero attached hydrogens (tertiary/aromatic N) is 1. The average Bonchev–Trinajstić information content (AvgIpc) is 3.10. The SMILES string of the molecule is O=C(C1CNCC1c1ccccc1)N1CCCC1. The lowest BCUT2D eigenvalue weighted by atomic mass is 9.88. The van der Waals surface area contributed by atoms with Crippen LogP contribution in [0.2, 0.25) is 0 Å². The van der Waals surface area contributed by atoms with Gasteiger partial charge in [0.2, 0.25) is 5.91 Å². The summed E-state index contributed by atoms with van der Waals surface area (Å²) in [5.41, 5.74) is 1.29. The number of carbonyl (C=O) groups excluding carboxylic acids is 1. The van der Waals surface area contributed by atoms with Gasteiger partial charge in [-0.2, -0.15) is 0 Å². The van der Waals surface area contributed by atoms with E-state index >= 15 is 0 Å². The number of hydrogen-bond acceptors (Lipinski definition) is 2. The fourth-order valence-corrected chi connectivity index (χ4v) is 3.16. The quantitative estimate of drug-likeness (QED) is 0.857. The third-order valence-electron chi connectivity index (χ3n) is 4.18. The molecular weight excluding hydrogens is 224 g/mol. The van der Waals surface area contributed by atoms with Crippen LogP contribution in [0.3, 0.4) is 0 Å². The van der Waals surface area contributed by atoms with Crippen molar-refractivity contribution in [1.29, 1.82) is 0 Å². The molecule has 2 aliphatic heterocycles. The summed E-state index contributed by atoms with van der Waals surface area (Å²) in [4.78, 5) is 14.6. The maximum absolute atomic E-state index is 12.5. The summed E-state index contributed by atoms with van der Waals surface area (Å²) in [7, 11) is 0. The van der Waals surface area contributed by atoms with Crippen molar-refractivity contribution in [1.82, 2.24) is 10.2 Å². The third kappa shape index (κ3) is 2.15. The Morgan fingerprint density at radius 2 is 1.83 bits per heavy atom. The van der Waals surface area contributed by atoms with Gasteiger partial charge >= 0.3 is 0 Å². The van der Waals surface area contributed by atoms with Crippen LogP contribution in [0.25, 0.3) is 0 Å². The van der Waals surface area contributed by atoms with Crippen LogP contribution in [0, 0.1) is 5.92 Å². The molecule has 0 bridgehead atoms. The molecule has 1 aromatic carbocycles. The molecule has 0 saturated carbocycles.